The monoisotopic (exact) mass is 273 g/mol. The quantitative estimate of drug-likeness (QED) is 0.840. The van der Waals surface area contributed by atoms with Crippen LogP contribution in [0.4, 0.5) is 4.39 Å². The highest BCUT2D eigenvalue weighted by Gasteiger charge is 2.30. The second kappa shape index (κ2) is 5.12. The Balaban J connectivity index is 1.76. The van der Waals surface area contributed by atoms with Crippen LogP contribution < -0.4 is 0 Å². The highest BCUT2D eigenvalue weighted by atomic mass is 19.1. The summed E-state index contributed by atoms with van der Waals surface area (Å²) in [6.45, 7) is 2.99. The Labute approximate surface area is 117 Å². The number of carbonyl (C=O) groups is 1. The third-order valence-electron chi connectivity index (χ3n) is 3.91. The van der Waals surface area contributed by atoms with Crippen molar-refractivity contribution >= 4 is 5.91 Å². The van der Waals surface area contributed by atoms with Gasteiger partial charge in [-0.05, 0) is 31.0 Å². The van der Waals surface area contributed by atoms with Crippen LogP contribution in [-0.2, 0) is 0 Å². The molecule has 0 aliphatic carbocycles. The first-order valence-electron chi connectivity index (χ1n) is 6.74. The van der Waals surface area contributed by atoms with E-state index in [0.29, 0.717) is 30.0 Å². The zero-order valence-electron chi connectivity index (χ0n) is 11.3. The first-order valence-corrected chi connectivity index (χ1v) is 6.74. The van der Waals surface area contributed by atoms with Gasteiger partial charge in [-0.3, -0.25) is 4.79 Å². The summed E-state index contributed by atoms with van der Waals surface area (Å²) in [6.07, 6.45) is 2.32. The van der Waals surface area contributed by atoms with Crippen LogP contribution in [0, 0.1) is 12.7 Å². The van der Waals surface area contributed by atoms with Crippen molar-refractivity contribution in [2.24, 2.45) is 0 Å². The molecule has 0 saturated carbocycles. The van der Waals surface area contributed by atoms with Gasteiger partial charge in [0.2, 0.25) is 0 Å². The Hall–Kier alpha value is -2.10. The van der Waals surface area contributed by atoms with Gasteiger partial charge in [0.05, 0.1) is 11.8 Å². The lowest BCUT2D eigenvalue weighted by atomic mass is 9.98. The predicted octanol–water partition coefficient (Wildman–Crippen LogP) is 3.36. The number of halogens is 1. The van der Waals surface area contributed by atoms with Crippen LogP contribution in [0.5, 0.6) is 0 Å². The largest absolute Gasteiger partial charge is 0.469 e. The van der Waals surface area contributed by atoms with Gasteiger partial charge in [-0.25, -0.2) is 4.39 Å². The first-order chi connectivity index (χ1) is 9.66. The molecule has 1 saturated heterocycles. The van der Waals surface area contributed by atoms with E-state index in [9.17, 15) is 9.18 Å². The highest BCUT2D eigenvalue weighted by molar-refractivity contribution is 5.95. The Bertz CT molecular complexity index is 635. The summed E-state index contributed by atoms with van der Waals surface area (Å²) >= 11 is 0. The standard InChI is InChI=1S/C16H16FNO2/c1-11-13(7-9-20-11)16(19)18-8-6-12(10-18)14-4-2-3-5-15(14)17/h2-5,7,9,12H,6,8,10H2,1H3/t12-/m0/s1. The molecule has 2 heterocycles. The second-order valence-electron chi connectivity index (χ2n) is 5.15. The Kier molecular flexibility index (Phi) is 3.30. The summed E-state index contributed by atoms with van der Waals surface area (Å²) in [6, 6.07) is 8.49. The summed E-state index contributed by atoms with van der Waals surface area (Å²) in [5.41, 5.74) is 1.30. The molecule has 1 aromatic heterocycles. The molecule has 20 heavy (non-hydrogen) atoms. The number of rotatable bonds is 2. The SMILES string of the molecule is Cc1occc1C(=O)N1CC[C@H](c2ccccc2F)C1. The number of likely N-dealkylation sites (tertiary alicyclic amines) is 1. The number of furan rings is 1. The van der Waals surface area contributed by atoms with Crippen molar-refractivity contribution in [3.8, 4) is 0 Å². The van der Waals surface area contributed by atoms with Crippen molar-refractivity contribution in [1.29, 1.82) is 0 Å². The lowest BCUT2D eigenvalue weighted by molar-refractivity contribution is 0.0789. The van der Waals surface area contributed by atoms with Crippen LogP contribution in [0.3, 0.4) is 0 Å². The average molecular weight is 273 g/mol. The zero-order chi connectivity index (χ0) is 14.1. The lowest BCUT2D eigenvalue weighted by Gasteiger charge is -2.16. The first kappa shape index (κ1) is 12.9. The van der Waals surface area contributed by atoms with E-state index in [1.165, 1.54) is 12.3 Å². The molecule has 0 spiro atoms. The predicted molar refractivity (Wildman–Crippen MR) is 73.1 cm³/mol. The summed E-state index contributed by atoms with van der Waals surface area (Å²) < 4.78 is 19.0. The zero-order valence-corrected chi connectivity index (χ0v) is 11.3. The fraction of sp³-hybridized carbons (Fsp3) is 0.312. The van der Waals surface area contributed by atoms with Crippen molar-refractivity contribution in [3.05, 3.63) is 59.3 Å². The minimum absolute atomic E-state index is 0.0323. The summed E-state index contributed by atoms with van der Waals surface area (Å²) in [5.74, 6) is 0.484. The fourth-order valence-electron chi connectivity index (χ4n) is 2.78. The van der Waals surface area contributed by atoms with Crippen LogP contribution in [0.2, 0.25) is 0 Å². The van der Waals surface area contributed by atoms with Gasteiger partial charge in [0, 0.05) is 19.0 Å². The molecule has 1 amide bonds. The Morgan fingerprint density at radius 1 is 1.35 bits per heavy atom. The minimum Gasteiger partial charge on any atom is -0.469 e. The molecule has 1 fully saturated rings. The topological polar surface area (TPSA) is 33.5 Å². The third-order valence-corrected chi connectivity index (χ3v) is 3.91. The maximum atomic E-state index is 13.8. The van der Waals surface area contributed by atoms with Crippen LogP contribution in [0.25, 0.3) is 0 Å². The van der Waals surface area contributed by atoms with E-state index in [1.54, 1.807) is 30.0 Å². The maximum absolute atomic E-state index is 13.8. The van der Waals surface area contributed by atoms with Crippen LogP contribution in [0.15, 0.2) is 41.0 Å². The number of nitrogens with zero attached hydrogens (tertiary/aromatic N) is 1. The van der Waals surface area contributed by atoms with Gasteiger partial charge in [0.1, 0.15) is 11.6 Å². The Morgan fingerprint density at radius 3 is 2.85 bits per heavy atom. The number of benzene rings is 1. The third kappa shape index (κ3) is 2.22. The molecule has 1 aliphatic heterocycles. The van der Waals surface area contributed by atoms with Crippen molar-refractivity contribution < 1.29 is 13.6 Å². The molecule has 0 bridgehead atoms. The van der Waals surface area contributed by atoms with Crippen molar-refractivity contribution in [3.63, 3.8) is 0 Å². The number of hydrogen-bond donors (Lipinski definition) is 0. The molecule has 0 radical (unpaired) electrons. The molecular formula is C16H16FNO2. The van der Waals surface area contributed by atoms with E-state index in [1.807, 2.05) is 6.07 Å². The summed E-state index contributed by atoms with van der Waals surface area (Å²) in [7, 11) is 0. The van der Waals surface area contributed by atoms with Crippen molar-refractivity contribution in [2.75, 3.05) is 13.1 Å². The normalized spacial score (nSPS) is 18.5. The lowest BCUT2D eigenvalue weighted by Crippen LogP contribution is -2.28. The van der Waals surface area contributed by atoms with E-state index >= 15 is 0 Å². The molecule has 3 nitrogen and oxygen atoms in total. The number of amides is 1. The maximum Gasteiger partial charge on any atom is 0.257 e. The molecule has 1 atom stereocenters. The molecule has 104 valence electrons. The van der Waals surface area contributed by atoms with E-state index in [2.05, 4.69) is 0 Å². The van der Waals surface area contributed by atoms with Gasteiger partial charge < -0.3 is 9.32 Å². The van der Waals surface area contributed by atoms with Crippen LogP contribution in [0.1, 0.15) is 34.0 Å². The molecule has 4 heteroatoms. The summed E-state index contributed by atoms with van der Waals surface area (Å²) in [5, 5.41) is 0. The second-order valence-corrected chi connectivity index (χ2v) is 5.15. The molecule has 1 aromatic carbocycles. The average Bonchev–Trinajstić information content (AvgIpc) is 3.07. The smallest absolute Gasteiger partial charge is 0.257 e. The molecule has 1 aliphatic rings. The van der Waals surface area contributed by atoms with Gasteiger partial charge in [-0.2, -0.15) is 0 Å². The van der Waals surface area contributed by atoms with Crippen LogP contribution in [-0.4, -0.2) is 23.9 Å². The van der Waals surface area contributed by atoms with Gasteiger partial charge >= 0.3 is 0 Å². The van der Waals surface area contributed by atoms with Gasteiger partial charge in [-0.15, -0.1) is 0 Å². The van der Waals surface area contributed by atoms with Crippen LogP contribution >= 0.6 is 0 Å². The molecule has 2 aromatic rings. The Morgan fingerprint density at radius 2 is 2.15 bits per heavy atom. The van der Waals surface area contributed by atoms with Gasteiger partial charge in [-0.1, -0.05) is 18.2 Å². The van der Waals surface area contributed by atoms with Crippen molar-refractivity contribution in [1.82, 2.24) is 4.90 Å². The number of aryl methyl sites for hydroxylation is 1. The molecule has 0 N–H and O–H groups in total. The molecule has 3 rings (SSSR count). The molecule has 0 unspecified atom stereocenters. The van der Waals surface area contributed by atoms with Gasteiger partial charge in [0.25, 0.3) is 5.91 Å². The van der Waals surface area contributed by atoms with E-state index in [-0.39, 0.29) is 17.6 Å². The van der Waals surface area contributed by atoms with E-state index < -0.39 is 0 Å². The van der Waals surface area contributed by atoms with Gasteiger partial charge in [0.15, 0.2) is 0 Å². The van der Waals surface area contributed by atoms with Crippen molar-refractivity contribution in [2.45, 2.75) is 19.3 Å². The number of hydrogen-bond acceptors (Lipinski definition) is 2. The minimum atomic E-state index is -0.189. The number of carbonyl (C=O) groups excluding carboxylic acids is 1. The fourth-order valence-corrected chi connectivity index (χ4v) is 2.78. The highest BCUT2D eigenvalue weighted by Crippen LogP contribution is 2.30. The van der Waals surface area contributed by atoms with E-state index in [4.69, 9.17) is 4.42 Å². The van der Waals surface area contributed by atoms with E-state index in [0.717, 1.165) is 6.42 Å². The summed E-state index contributed by atoms with van der Waals surface area (Å²) in [4.78, 5) is 14.1. The molecular weight excluding hydrogens is 257 g/mol.